The van der Waals surface area contributed by atoms with Gasteiger partial charge in [-0.2, -0.15) is 0 Å². The summed E-state index contributed by atoms with van der Waals surface area (Å²) in [6.07, 6.45) is 7.65. The Kier molecular flexibility index (Phi) is 4.65. The van der Waals surface area contributed by atoms with E-state index in [0.717, 1.165) is 23.5 Å². The molecular formula is C17H20N2OS. The number of carbonyl (C=O) groups is 1. The predicted molar refractivity (Wildman–Crippen MR) is 86.8 cm³/mol. The van der Waals surface area contributed by atoms with Crippen molar-refractivity contribution in [3.05, 3.63) is 46.5 Å². The minimum absolute atomic E-state index is 0.0166. The first kappa shape index (κ1) is 14.3. The zero-order valence-electron chi connectivity index (χ0n) is 12.1. The second kappa shape index (κ2) is 6.85. The highest BCUT2D eigenvalue weighted by Crippen LogP contribution is 2.28. The molecule has 1 aliphatic carbocycles. The molecule has 3 nitrogen and oxygen atoms in total. The van der Waals surface area contributed by atoms with Gasteiger partial charge < -0.3 is 5.32 Å². The van der Waals surface area contributed by atoms with Crippen LogP contribution in [0.1, 0.15) is 41.8 Å². The number of hydrogen-bond acceptors (Lipinski definition) is 3. The van der Waals surface area contributed by atoms with Gasteiger partial charge >= 0.3 is 0 Å². The average Bonchev–Trinajstić information content (AvgIpc) is 2.81. The molecule has 1 aromatic carbocycles. The van der Waals surface area contributed by atoms with Gasteiger partial charge in [0.25, 0.3) is 0 Å². The Bertz CT molecular complexity index is 581. The molecule has 0 bridgehead atoms. The summed E-state index contributed by atoms with van der Waals surface area (Å²) in [7, 11) is 0. The maximum absolute atomic E-state index is 12.1. The summed E-state index contributed by atoms with van der Waals surface area (Å²) >= 11 is 1.65. The second-order valence-electron chi connectivity index (χ2n) is 5.51. The Morgan fingerprint density at radius 3 is 2.67 bits per heavy atom. The number of amides is 1. The van der Waals surface area contributed by atoms with Crippen LogP contribution in [0.2, 0.25) is 0 Å². The predicted octanol–water partition coefficient (Wildman–Crippen LogP) is 3.98. The van der Waals surface area contributed by atoms with Crippen LogP contribution in [0.3, 0.4) is 0 Å². The number of fused-ring (bicyclic) bond motifs is 1. The smallest absolute Gasteiger partial charge is 0.230 e. The van der Waals surface area contributed by atoms with Crippen molar-refractivity contribution in [1.29, 1.82) is 0 Å². The topological polar surface area (TPSA) is 42.0 Å². The van der Waals surface area contributed by atoms with Crippen LogP contribution in [0.15, 0.2) is 30.3 Å². The Hall–Kier alpha value is -1.68. The Labute approximate surface area is 129 Å². The van der Waals surface area contributed by atoms with E-state index in [4.69, 9.17) is 0 Å². The molecule has 0 radical (unpaired) electrons. The maximum Gasteiger partial charge on any atom is 0.230 e. The molecule has 0 spiro atoms. The first-order valence-corrected chi connectivity index (χ1v) is 8.45. The number of aryl methyl sites for hydroxylation is 2. The van der Waals surface area contributed by atoms with Gasteiger partial charge in [-0.3, -0.25) is 4.79 Å². The van der Waals surface area contributed by atoms with E-state index in [1.165, 1.54) is 36.3 Å². The molecule has 1 heterocycles. The molecule has 1 aliphatic rings. The van der Waals surface area contributed by atoms with Crippen LogP contribution < -0.4 is 5.32 Å². The van der Waals surface area contributed by atoms with Crippen molar-refractivity contribution >= 4 is 22.4 Å². The summed E-state index contributed by atoms with van der Waals surface area (Å²) in [6.45, 7) is 0. The molecule has 0 fully saturated rings. The third-order valence-electron chi connectivity index (χ3n) is 3.80. The van der Waals surface area contributed by atoms with Gasteiger partial charge in [-0.05, 0) is 31.2 Å². The highest BCUT2D eigenvalue weighted by molar-refractivity contribution is 7.15. The monoisotopic (exact) mass is 300 g/mol. The number of hydrogen-bond donors (Lipinski definition) is 1. The number of nitrogens with one attached hydrogen (secondary N) is 1. The lowest BCUT2D eigenvalue weighted by Gasteiger charge is -2.06. The highest BCUT2D eigenvalue weighted by atomic mass is 32.1. The normalized spacial score (nSPS) is 14.9. The Balaban J connectivity index is 1.64. The van der Waals surface area contributed by atoms with Gasteiger partial charge in [-0.1, -0.05) is 43.2 Å². The van der Waals surface area contributed by atoms with E-state index in [-0.39, 0.29) is 5.91 Å². The zero-order chi connectivity index (χ0) is 14.5. The molecule has 21 heavy (non-hydrogen) atoms. The fourth-order valence-corrected chi connectivity index (χ4v) is 3.77. The van der Waals surface area contributed by atoms with Crippen molar-refractivity contribution in [3.63, 3.8) is 0 Å². The lowest BCUT2D eigenvalue weighted by Crippen LogP contribution is -2.14. The number of rotatable bonds is 3. The molecule has 2 aromatic rings. The van der Waals surface area contributed by atoms with Crippen LogP contribution in [-0.2, 0) is 24.1 Å². The third kappa shape index (κ3) is 3.91. The quantitative estimate of drug-likeness (QED) is 0.931. The molecule has 3 rings (SSSR count). The van der Waals surface area contributed by atoms with Gasteiger partial charge in [0.15, 0.2) is 5.13 Å². The van der Waals surface area contributed by atoms with Crippen LogP contribution in [-0.4, -0.2) is 10.9 Å². The summed E-state index contributed by atoms with van der Waals surface area (Å²) in [5.41, 5.74) is 2.24. The van der Waals surface area contributed by atoms with Gasteiger partial charge in [-0.25, -0.2) is 4.98 Å². The summed E-state index contributed by atoms with van der Waals surface area (Å²) in [6, 6.07) is 9.82. The van der Waals surface area contributed by atoms with Crippen LogP contribution in [0.25, 0.3) is 0 Å². The van der Waals surface area contributed by atoms with Crippen LogP contribution in [0.4, 0.5) is 5.13 Å². The van der Waals surface area contributed by atoms with Gasteiger partial charge in [0, 0.05) is 4.88 Å². The number of thiazole rings is 1. The van der Waals surface area contributed by atoms with Crippen molar-refractivity contribution in [2.45, 2.75) is 44.9 Å². The molecule has 0 aliphatic heterocycles. The number of nitrogens with zero attached hydrogens (tertiary/aromatic N) is 1. The maximum atomic E-state index is 12.1. The van der Waals surface area contributed by atoms with Gasteiger partial charge in [0.2, 0.25) is 5.91 Å². The van der Waals surface area contributed by atoms with Gasteiger partial charge in [0.05, 0.1) is 12.1 Å². The average molecular weight is 300 g/mol. The molecule has 0 atom stereocenters. The lowest BCUT2D eigenvalue weighted by molar-refractivity contribution is -0.115. The second-order valence-corrected chi connectivity index (χ2v) is 6.60. The molecule has 110 valence electrons. The summed E-state index contributed by atoms with van der Waals surface area (Å²) in [4.78, 5) is 18.1. The van der Waals surface area contributed by atoms with E-state index in [1.54, 1.807) is 11.3 Å². The fourth-order valence-electron chi connectivity index (χ4n) is 2.70. The number of aromatic nitrogens is 1. The summed E-state index contributed by atoms with van der Waals surface area (Å²) < 4.78 is 0. The first-order valence-electron chi connectivity index (χ1n) is 7.63. The highest BCUT2D eigenvalue weighted by Gasteiger charge is 2.14. The van der Waals surface area contributed by atoms with Crippen LogP contribution in [0.5, 0.6) is 0 Å². The van der Waals surface area contributed by atoms with E-state index in [0.29, 0.717) is 6.42 Å². The number of benzene rings is 1. The molecular weight excluding hydrogens is 280 g/mol. The molecule has 1 amide bonds. The molecule has 1 aromatic heterocycles. The van der Waals surface area contributed by atoms with E-state index in [9.17, 15) is 4.79 Å². The molecule has 1 N–H and O–H groups in total. The zero-order valence-corrected chi connectivity index (χ0v) is 12.9. The largest absolute Gasteiger partial charge is 0.302 e. The van der Waals surface area contributed by atoms with Crippen molar-refractivity contribution in [2.24, 2.45) is 0 Å². The minimum atomic E-state index is 0.0166. The summed E-state index contributed by atoms with van der Waals surface area (Å²) in [5.74, 6) is 0.0166. The Morgan fingerprint density at radius 1 is 1.10 bits per heavy atom. The standard InChI is InChI=1S/C17H20N2OS/c20-16(12-13-8-4-3-5-9-13)19-17-18-14-10-6-1-2-7-11-15(14)21-17/h3-5,8-9H,1-2,6-7,10-12H2,(H,18,19,20). The molecule has 0 saturated carbocycles. The number of carbonyl (C=O) groups excluding carboxylic acids is 1. The van der Waals surface area contributed by atoms with E-state index in [1.807, 2.05) is 30.3 Å². The van der Waals surface area contributed by atoms with Crippen molar-refractivity contribution in [1.82, 2.24) is 4.98 Å². The van der Waals surface area contributed by atoms with Crippen molar-refractivity contribution in [3.8, 4) is 0 Å². The van der Waals surface area contributed by atoms with Crippen molar-refractivity contribution < 1.29 is 4.79 Å². The van der Waals surface area contributed by atoms with Crippen LogP contribution in [0, 0.1) is 0 Å². The SMILES string of the molecule is O=C(Cc1ccccc1)Nc1nc2c(s1)CCCCCC2. The van der Waals surface area contributed by atoms with E-state index in [2.05, 4.69) is 10.3 Å². The Morgan fingerprint density at radius 2 is 1.86 bits per heavy atom. The lowest BCUT2D eigenvalue weighted by atomic mass is 10.0. The molecule has 0 saturated heterocycles. The minimum Gasteiger partial charge on any atom is -0.302 e. The van der Waals surface area contributed by atoms with Crippen molar-refractivity contribution in [2.75, 3.05) is 5.32 Å². The summed E-state index contributed by atoms with van der Waals surface area (Å²) in [5, 5.41) is 3.72. The van der Waals surface area contributed by atoms with E-state index < -0.39 is 0 Å². The third-order valence-corrected chi connectivity index (χ3v) is 4.87. The van der Waals surface area contributed by atoms with E-state index >= 15 is 0 Å². The fraction of sp³-hybridized carbons (Fsp3) is 0.412. The first-order chi connectivity index (χ1) is 10.3. The number of anilines is 1. The molecule has 0 unspecified atom stereocenters. The molecule has 4 heteroatoms. The van der Waals surface area contributed by atoms with Crippen LogP contribution >= 0.6 is 11.3 Å². The van der Waals surface area contributed by atoms with Gasteiger partial charge in [-0.15, -0.1) is 11.3 Å². The van der Waals surface area contributed by atoms with Gasteiger partial charge in [0.1, 0.15) is 0 Å².